The minimum absolute atomic E-state index is 0.0831. The number of Topliss-reactive ketones (excluding diaryl/α,β-unsaturated/α-hetero) is 1. The molecule has 7 nitrogen and oxygen atoms in total. The lowest BCUT2D eigenvalue weighted by Gasteiger charge is -2.41. The van der Waals surface area contributed by atoms with Crippen LogP contribution in [0.3, 0.4) is 0 Å². The molecule has 4 rings (SSSR count). The smallest absolute Gasteiger partial charge is 0.243 e. The summed E-state index contributed by atoms with van der Waals surface area (Å²) in [5.41, 5.74) is 6.53. The van der Waals surface area contributed by atoms with Gasteiger partial charge in [-0.2, -0.15) is 0 Å². The molecule has 0 bridgehead atoms. The fraction of sp³-hybridized carbons (Fsp3) is 0.524. The number of hydrogen-bond donors (Lipinski definition) is 1. The molecular weight excluding hydrogens is 362 g/mol. The third-order valence-electron chi connectivity index (χ3n) is 5.78. The summed E-state index contributed by atoms with van der Waals surface area (Å²) in [6, 6.07) is 5.52. The molecule has 1 fully saturated rings. The lowest BCUT2D eigenvalue weighted by atomic mass is 9.72. The normalized spacial score (nSPS) is 28.8. The number of ketones is 1. The first kappa shape index (κ1) is 18.8. The first-order valence-electron chi connectivity index (χ1n) is 9.76. The molecule has 0 spiro atoms. The van der Waals surface area contributed by atoms with Crippen LogP contribution in [0.1, 0.15) is 31.7 Å². The summed E-state index contributed by atoms with van der Waals surface area (Å²) in [6.07, 6.45) is 3.29. The number of hydrogen-bond acceptors (Lipinski definition) is 6. The van der Waals surface area contributed by atoms with Crippen molar-refractivity contribution >= 4 is 17.3 Å². The van der Waals surface area contributed by atoms with Gasteiger partial charge >= 0.3 is 0 Å². The maximum absolute atomic E-state index is 13.2. The second kappa shape index (κ2) is 7.83. The van der Waals surface area contributed by atoms with Crippen LogP contribution >= 0.6 is 0 Å². The predicted molar refractivity (Wildman–Crippen MR) is 101 cm³/mol. The summed E-state index contributed by atoms with van der Waals surface area (Å²) < 4.78 is 22.8. The van der Waals surface area contributed by atoms with Gasteiger partial charge in [0.1, 0.15) is 25.9 Å². The van der Waals surface area contributed by atoms with E-state index in [0.29, 0.717) is 43.1 Å². The standard InChI is InChI=1S/C21H25NO6/c1-2-12-7-14-18(9-17(12)28-11-20(22)23)27-10-15(21(14)24)13-3-4-16-19(8-13)26-6-5-25-16/h3-4,8,10,12,14,17-18H,2,5-7,9,11H2,1H3,(H2,22,23). The van der Waals surface area contributed by atoms with E-state index in [-0.39, 0.29) is 36.4 Å². The molecule has 1 amide bonds. The molecule has 4 atom stereocenters. The van der Waals surface area contributed by atoms with E-state index < -0.39 is 5.91 Å². The molecule has 3 aliphatic rings. The SMILES string of the molecule is CCC1CC2C(=O)C(c3ccc4c(c3)OCCO4)=COC2CC1OCC(N)=O. The number of fused-ring (bicyclic) bond motifs is 2. The quantitative estimate of drug-likeness (QED) is 0.831. The van der Waals surface area contributed by atoms with Crippen molar-refractivity contribution in [2.24, 2.45) is 17.6 Å². The molecule has 28 heavy (non-hydrogen) atoms. The third-order valence-corrected chi connectivity index (χ3v) is 5.78. The van der Waals surface area contributed by atoms with Crippen molar-refractivity contribution in [3.05, 3.63) is 30.0 Å². The first-order valence-corrected chi connectivity index (χ1v) is 9.76. The van der Waals surface area contributed by atoms with Crippen LogP contribution in [0.4, 0.5) is 0 Å². The van der Waals surface area contributed by atoms with Crippen LogP contribution in [0.15, 0.2) is 24.5 Å². The Morgan fingerprint density at radius 3 is 2.75 bits per heavy atom. The highest BCUT2D eigenvalue weighted by molar-refractivity contribution is 6.22. The number of carbonyl (C=O) groups is 2. The maximum Gasteiger partial charge on any atom is 0.243 e. The summed E-state index contributed by atoms with van der Waals surface area (Å²) in [5, 5.41) is 0. The van der Waals surface area contributed by atoms with E-state index in [9.17, 15) is 9.59 Å². The Kier molecular flexibility index (Phi) is 5.26. The topological polar surface area (TPSA) is 97.1 Å². The van der Waals surface area contributed by atoms with Crippen molar-refractivity contribution in [1.82, 2.24) is 0 Å². The van der Waals surface area contributed by atoms with E-state index in [0.717, 1.165) is 12.0 Å². The van der Waals surface area contributed by atoms with E-state index >= 15 is 0 Å². The van der Waals surface area contributed by atoms with Crippen molar-refractivity contribution in [2.45, 2.75) is 38.4 Å². The maximum atomic E-state index is 13.2. The van der Waals surface area contributed by atoms with Gasteiger partial charge in [-0.25, -0.2) is 0 Å². The second-order valence-electron chi connectivity index (χ2n) is 7.49. The lowest BCUT2D eigenvalue weighted by molar-refractivity contribution is -0.138. The minimum Gasteiger partial charge on any atom is -0.496 e. The Morgan fingerprint density at radius 1 is 1.21 bits per heavy atom. The molecule has 4 unspecified atom stereocenters. The Balaban J connectivity index is 1.53. The fourth-order valence-corrected chi connectivity index (χ4v) is 4.30. The van der Waals surface area contributed by atoms with E-state index in [1.165, 1.54) is 0 Å². The number of amides is 1. The van der Waals surface area contributed by atoms with Crippen molar-refractivity contribution < 1.29 is 28.5 Å². The molecule has 2 heterocycles. The Bertz CT molecular complexity index is 804. The highest BCUT2D eigenvalue weighted by Gasteiger charge is 2.44. The Morgan fingerprint density at radius 2 is 2.00 bits per heavy atom. The highest BCUT2D eigenvalue weighted by Crippen LogP contribution is 2.42. The molecule has 0 saturated heterocycles. The van der Waals surface area contributed by atoms with Gasteiger partial charge in [0.25, 0.3) is 0 Å². The van der Waals surface area contributed by atoms with Gasteiger partial charge in [-0.15, -0.1) is 0 Å². The van der Waals surface area contributed by atoms with E-state index in [1.807, 2.05) is 18.2 Å². The zero-order chi connectivity index (χ0) is 19.7. The number of benzene rings is 1. The second-order valence-corrected chi connectivity index (χ2v) is 7.49. The average molecular weight is 387 g/mol. The van der Waals surface area contributed by atoms with Crippen LogP contribution in [0.2, 0.25) is 0 Å². The molecule has 150 valence electrons. The molecule has 0 radical (unpaired) electrons. The molecule has 1 aromatic rings. The number of primary amides is 1. The zero-order valence-electron chi connectivity index (χ0n) is 15.9. The summed E-state index contributed by atoms with van der Waals surface area (Å²) >= 11 is 0. The van der Waals surface area contributed by atoms with E-state index in [1.54, 1.807) is 6.26 Å². The zero-order valence-corrected chi connectivity index (χ0v) is 15.9. The van der Waals surface area contributed by atoms with Gasteiger partial charge < -0.3 is 24.7 Å². The molecule has 2 N–H and O–H groups in total. The minimum atomic E-state index is -0.488. The number of rotatable bonds is 5. The van der Waals surface area contributed by atoms with Gasteiger partial charge in [0.15, 0.2) is 17.3 Å². The lowest BCUT2D eigenvalue weighted by Crippen LogP contribution is -2.46. The monoisotopic (exact) mass is 387 g/mol. The summed E-state index contributed by atoms with van der Waals surface area (Å²) in [4.78, 5) is 24.3. The van der Waals surface area contributed by atoms with Crippen LogP contribution in [0, 0.1) is 11.8 Å². The van der Waals surface area contributed by atoms with Gasteiger partial charge in [0.05, 0.1) is 23.9 Å². The van der Waals surface area contributed by atoms with Gasteiger partial charge in [-0.1, -0.05) is 19.4 Å². The Labute approximate surface area is 163 Å². The van der Waals surface area contributed by atoms with E-state index in [2.05, 4.69) is 6.92 Å². The summed E-state index contributed by atoms with van der Waals surface area (Å²) in [6.45, 7) is 2.98. The fourth-order valence-electron chi connectivity index (χ4n) is 4.30. The number of carbonyl (C=O) groups excluding carboxylic acids is 2. The Hall–Kier alpha value is -2.54. The van der Waals surface area contributed by atoms with Crippen molar-refractivity contribution in [3.63, 3.8) is 0 Å². The molecule has 7 heteroatoms. The molecule has 2 aliphatic heterocycles. The van der Waals surface area contributed by atoms with Crippen molar-refractivity contribution in [1.29, 1.82) is 0 Å². The molecule has 1 saturated carbocycles. The average Bonchev–Trinajstić information content (AvgIpc) is 2.71. The third kappa shape index (κ3) is 3.58. The van der Waals surface area contributed by atoms with Gasteiger partial charge in [-0.3, -0.25) is 9.59 Å². The molecule has 1 aliphatic carbocycles. The van der Waals surface area contributed by atoms with Crippen LogP contribution in [0.25, 0.3) is 5.57 Å². The van der Waals surface area contributed by atoms with Crippen LogP contribution < -0.4 is 15.2 Å². The van der Waals surface area contributed by atoms with Crippen molar-refractivity contribution in [3.8, 4) is 11.5 Å². The first-order chi connectivity index (χ1) is 13.6. The van der Waals surface area contributed by atoms with Crippen molar-refractivity contribution in [2.75, 3.05) is 19.8 Å². The van der Waals surface area contributed by atoms with Crippen LogP contribution in [-0.2, 0) is 19.1 Å². The highest BCUT2D eigenvalue weighted by atomic mass is 16.6. The predicted octanol–water partition coefficient (Wildman–Crippen LogP) is 2.07. The van der Waals surface area contributed by atoms with Crippen LogP contribution in [0.5, 0.6) is 11.5 Å². The number of ether oxygens (including phenoxy) is 4. The van der Waals surface area contributed by atoms with Gasteiger partial charge in [-0.05, 0) is 30.0 Å². The molecular formula is C21H25NO6. The van der Waals surface area contributed by atoms with Gasteiger partial charge in [0, 0.05) is 6.42 Å². The largest absolute Gasteiger partial charge is 0.496 e. The summed E-state index contributed by atoms with van der Waals surface area (Å²) in [7, 11) is 0. The number of allylic oxidation sites excluding steroid dienone is 1. The molecule has 0 aromatic heterocycles. The van der Waals surface area contributed by atoms with Gasteiger partial charge in [0.2, 0.25) is 5.91 Å². The number of nitrogens with two attached hydrogens (primary N) is 1. The van der Waals surface area contributed by atoms with Crippen LogP contribution in [-0.4, -0.2) is 43.7 Å². The summed E-state index contributed by atoms with van der Waals surface area (Å²) in [5.74, 6) is 0.905. The van der Waals surface area contributed by atoms with E-state index in [4.69, 9.17) is 24.7 Å². The molecule has 1 aromatic carbocycles.